The summed E-state index contributed by atoms with van der Waals surface area (Å²) < 4.78 is 81.0. The van der Waals surface area contributed by atoms with E-state index in [1.165, 1.54) is 0 Å². The van der Waals surface area contributed by atoms with E-state index in [0.717, 1.165) is 0 Å². The lowest BCUT2D eigenvalue weighted by Crippen LogP contribution is -2.39. The van der Waals surface area contributed by atoms with Crippen molar-refractivity contribution in [3.05, 3.63) is 29.3 Å². The van der Waals surface area contributed by atoms with Crippen LogP contribution in [-0.2, 0) is 17.1 Å². The van der Waals surface area contributed by atoms with Crippen LogP contribution in [0.5, 0.6) is 5.75 Å². The number of amides is 1. The van der Waals surface area contributed by atoms with Crippen molar-refractivity contribution in [2.24, 2.45) is 5.92 Å². The Balaban J connectivity index is 2.93. The number of alkyl halides is 6. The lowest BCUT2D eigenvalue weighted by Gasteiger charge is -2.18. The van der Waals surface area contributed by atoms with Gasteiger partial charge in [0.15, 0.2) is 6.61 Å². The molecule has 0 saturated carbocycles. The molecule has 1 unspecified atom stereocenters. The average Bonchev–Trinajstić information content (AvgIpc) is 2.42. The molecule has 1 N–H and O–H groups in total. The maximum absolute atomic E-state index is 12.7. The molecule has 0 aliphatic carbocycles. The summed E-state index contributed by atoms with van der Waals surface area (Å²) in [5.41, 5.74) is -2.99. The minimum Gasteiger partial charge on any atom is -0.484 e. The van der Waals surface area contributed by atoms with Gasteiger partial charge in [0, 0.05) is 6.04 Å². The number of halogens is 6. The number of hydrogen-bond donors (Lipinski definition) is 1. The van der Waals surface area contributed by atoms with Gasteiger partial charge in [0.05, 0.1) is 11.1 Å². The number of ether oxygens (including phenoxy) is 1. The summed E-state index contributed by atoms with van der Waals surface area (Å²) in [4.78, 5) is 11.6. The fraction of sp³-hybridized carbons (Fsp3) is 0.533. The van der Waals surface area contributed by atoms with E-state index in [2.05, 4.69) is 5.32 Å². The highest BCUT2D eigenvalue weighted by Gasteiger charge is 2.37. The van der Waals surface area contributed by atoms with Crippen molar-refractivity contribution in [2.45, 2.75) is 39.2 Å². The molecule has 136 valence electrons. The second-order valence-electron chi connectivity index (χ2n) is 5.63. The predicted octanol–water partition coefficient (Wildman–Crippen LogP) is 4.26. The molecule has 1 aromatic carbocycles. The molecule has 0 aromatic heterocycles. The second-order valence-corrected chi connectivity index (χ2v) is 5.63. The Morgan fingerprint density at radius 1 is 1.00 bits per heavy atom. The van der Waals surface area contributed by atoms with Crippen LogP contribution in [0.15, 0.2) is 18.2 Å². The van der Waals surface area contributed by atoms with E-state index in [1.54, 1.807) is 6.92 Å². The van der Waals surface area contributed by atoms with Crippen LogP contribution in [0.4, 0.5) is 26.3 Å². The maximum Gasteiger partial charge on any atom is 0.416 e. The Hall–Kier alpha value is -1.93. The minimum absolute atomic E-state index is 0.00618. The zero-order chi connectivity index (χ0) is 18.7. The summed E-state index contributed by atoms with van der Waals surface area (Å²) in [6, 6.07) is 0.629. The van der Waals surface area contributed by atoms with Gasteiger partial charge in [-0.3, -0.25) is 4.79 Å². The number of benzene rings is 1. The van der Waals surface area contributed by atoms with Gasteiger partial charge in [0.2, 0.25) is 0 Å². The molecule has 1 atom stereocenters. The van der Waals surface area contributed by atoms with Crippen molar-refractivity contribution < 1.29 is 35.9 Å². The molecule has 1 aromatic rings. The Morgan fingerprint density at radius 3 is 1.83 bits per heavy atom. The fourth-order valence-corrected chi connectivity index (χ4v) is 1.62. The summed E-state index contributed by atoms with van der Waals surface area (Å²) in [6.07, 6.45) is -9.93. The van der Waals surface area contributed by atoms with Crippen LogP contribution in [0, 0.1) is 5.92 Å². The summed E-state index contributed by atoms with van der Waals surface area (Å²) in [7, 11) is 0. The highest BCUT2D eigenvalue weighted by molar-refractivity contribution is 5.77. The molecule has 0 bridgehead atoms. The van der Waals surface area contributed by atoms with Gasteiger partial charge in [-0.15, -0.1) is 0 Å². The van der Waals surface area contributed by atoms with Gasteiger partial charge in [0.1, 0.15) is 5.75 Å². The molecule has 0 radical (unpaired) electrons. The number of rotatable bonds is 5. The molecule has 0 aliphatic rings. The molecule has 24 heavy (non-hydrogen) atoms. The molecule has 0 heterocycles. The summed E-state index contributed by atoms with van der Waals surface area (Å²) in [5, 5.41) is 2.53. The normalized spacial score (nSPS) is 13.8. The maximum atomic E-state index is 12.7. The van der Waals surface area contributed by atoms with Crippen LogP contribution in [0.1, 0.15) is 31.9 Å². The zero-order valence-electron chi connectivity index (χ0n) is 13.2. The van der Waals surface area contributed by atoms with Gasteiger partial charge < -0.3 is 10.1 Å². The molecule has 0 spiro atoms. The van der Waals surface area contributed by atoms with Gasteiger partial charge in [-0.25, -0.2) is 0 Å². The van der Waals surface area contributed by atoms with E-state index < -0.39 is 41.7 Å². The van der Waals surface area contributed by atoms with Crippen LogP contribution in [0.25, 0.3) is 0 Å². The van der Waals surface area contributed by atoms with Crippen LogP contribution in [0.2, 0.25) is 0 Å². The average molecular weight is 357 g/mol. The van der Waals surface area contributed by atoms with Crippen molar-refractivity contribution in [1.82, 2.24) is 5.32 Å². The Labute approximate surface area is 135 Å². The van der Waals surface area contributed by atoms with Crippen molar-refractivity contribution in [3.63, 3.8) is 0 Å². The molecule has 1 amide bonds. The molecule has 0 saturated heterocycles. The van der Waals surface area contributed by atoms with Crippen molar-refractivity contribution in [2.75, 3.05) is 6.61 Å². The molecule has 3 nitrogen and oxygen atoms in total. The monoisotopic (exact) mass is 357 g/mol. The van der Waals surface area contributed by atoms with E-state index >= 15 is 0 Å². The van der Waals surface area contributed by atoms with Gasteiger partial charge in [-0.1, -0.05) is 13.8 Å². The third kappa shape index (κ3) is 5.93. The molecular weight excluding hydrogens is 340 g/mol. The van der Waals surface area contributed by atoms with Gasteiger partial charge in [0.25, 0.3) is 5.91 Å². The Morgan fingerprint density at radius 2 is 1.46 bits per heavy atom. The van der Waals surface area contributed by atoms with Gasteiger partial charge >= 0.3 is 12.4 Å². The van der Waals surface area contributed by atoms with Gasteiger partial charge in [-0.05, 0) is 31.0 Å². The second kappa shape index (κ2) is 7.31. The van der Waals surface area contributed by atoms with E-state index in [1.807, 2.05) is 13.8 Å². The molecule has 0 aliphatic heterocycles. The highest BCUT2D eigenvalue weighted by atomic mass is 19.4. The zero-order valence-corrected chi connectivity index (χ0v) is 13.2. The van der Waals surface area contributed by atoms with Crippen LogP contribution < -0.4 is 10.1 Å². The lowest BCUT2D eigenvalue weighted by atomic mass is 10.1. The third-order valence-corrected chi connectivity index (χ3v) is 3.32. The Kier molecular flexibility index (Phi) is 6.13. The van der Waals surface area contributed by atoms with E-state index in [-0.39, 0.29) is 18.0 Å². The number of carbonyl (C=O) groups is 1. The standard InChI is InChI=1S/C15H17F6NO2/c1-8(2)9(3)22-13(23)7-24-12-5-10(14(16,17)18)4-11(6-12)15(19,20)21/h4-6,8-9H,7H2,1-3H3,(H,22,23). The topological polar surface area (TPSA) is 38.3 Å². The van der Waals surface area contributed by atoms with Crippen molar-refractivity contribution >= 4 is 5.91 Å². The lowest BCUT2D eigenvalue weighted by molar-refractivity contribution is -0.143. The summed E-state index contributed by atoms with van der Waals surface area (Å²) in [6.45, 7) is 4.71. The van der Waals surface area contributed by atoms with Crippen molar-refractivity contribution in [1.29, 1.82) is 0 Å². The van der Waals surface area contributed by atoms with E-state index in [4.69, 9.17) is 4.74 Å². The van der Waals surface area contributed by atoms with E-state index in [9.17, 15) is 31.1 Å². The van der Waals surface area contributed by atoms with Gasteiger partial charge in [-0.2, -0.15) is 26.3 Å². The first-order valence-electron chi connectivity index (χ1n) is 7.02. The first-order valence-corrected chi connectivity index (χ1v) is 7.02. The number of hydrogen-bond acceptors (Lipinski definition) is 2. The largest absolute Gasteiger partial charge is 0.484 e. The molecule has 1 rings (SSSR count). The fourth-order valence-electron chi connectivity index (χ4n) is 1.62. The van der Waals surface area contributed by atoms with Crippen LogP contribution in [0.3, 0.4) is 0 Å². The molecule has 0 fully saturated rings. The minimum atomic E-state index is -4.96. The third-order valence-electron chi connectivity index (χ3n) is 3.32. The highest BCUT2D eigenvalue weighted by Crippen LogP contribution is 2.38. The number of carbonyl (C=O) groups excluding carboxylic acids is 1. The molecule has 9 heteroatoms. The molecular formula is C15H17F6NO2. The number of nitrogens with one attached hydrogen (secondary N) is 1. The first-order chi connectivity index (χ1) is 10.8. The van der Waals surface area contributed by atoms with Crippen LogP contribution in [-0.4, -0.2) is 18.6 Å². The summed E-state index contributed by atoms with van der Waals surface area (Å²) in [5.74, 6) is -1.20. The van der Waals surface area contributed by atoms with Crippen LogP contribution >= 0.6 is 0 Å². The Bertz CT molecular complexity index is 548. The predicted molar refractivity (Wildman–Crippen MR) is 74.4 cm³/mol. The van der Waals surface area contributed by atoms with Crippen molar-refractivity contribution in [3.8, 4) is 5.75 Å². The smallest absolute Gasteiger partial charge is 0.416 e. The summed E-state index contributed by atoms with van der Waals surface area (Å²) >= 11 is 0. The quantitative estimate of drug-likeness (QED) is 0.800. The SMILES string of the molecule is CC(C)C(C)NC(=O)COc1cc(C(F)(F)F)cc(C(F)(F)F)c1. The van der Waals surface area contributed by atoms with E-state index in [0.29, 0.717) is 12.1 Å². The first kappa shape index (κ1) is 20.1.